The molecule has 2 heteroatoms. The minimum Gasteiger partial charge on any atom is -0.393 e. The lowest BCUT2D eigenvalue weighted by Gasteiger charge is -2.26. The molecule has 0 spiro atoms. The normalized spacial score (nSPS) is 25.0. The van der Waals surface area contributed by atoms with Crippen molar-refractivity contribution in [3.05, 3.63) is 42.2 Å². The van der Waals surface area contributed by atoms with E-state index < -0.39 is 0 Å². The van der Waals surface area contributed by atoms with Gasteiger partial charge in [0.15, 0.2) is 0 Å². The molecule has 0 radical (unpaired) electrons. The van der Waals surface area contributed by atoms with E-state index in [0.717, 1.165) is 19.3 Å². The fourth-order valence-corrected chi connectivity index (χ4v) is 2.91. The van der Waals surface area contributed by atoms with Gasteiger partial charge in [0.2, 0.25) is 0 Å². The maximum atomic E-state index is 9.79. The van der Waals surface area contributed by atoms with Gasteiger partial charge in [0.05, 0.1) is 6.10 Å². The van der Waals surface area contributed by atoms with Crippen molar-refractivity contribution in [1.29, 1.82) is 0 Å². The molecule has 0 saturated heterocycles. The van der Waals surface area contributed by atoms with Crippen LogP contribution in [0, 0.1) is 0 Å². The molecule has 2 unspecified atom stereocenters. The summed E-state index contributed by atoms with van der Waals surface area (Å²) < 4.78 is 0. The quantitative estimate of drug-likeness (QED) is 0.811. The van der Waals surface area contributed by atoms with E-state index in [0.29, 0.717) is 5.92 Å². The minimum absolute atomic E-state index is 0.132. The summed E-state index contributed by atoms with van der Waals surface area (Å²) in [6, 6.07) is 8.38. The Morgan fingerprint density at radius 1 is 1.12 bits per heavy atom. The fraction of sp³-hybridized carbons (Fsp3) is 0.400. The number of hydrogen-bond donors (Lipinski definition) is 1. The van der Waals surface area contributed by atoms with Gasteiger partial charge in [0, 0.05) is 17.8 Å². The molecule has 0 bridgehead atoms. The summed E-state index contributed by atoms with van der Waals surface area (Å²) >= 11 is 0. The van der Waals surface area contributed by atoms with Crippen LogP contribution in [0.15, 0.2) is 36.7 Å². The van der Waals surface area contributed by atoms with Gasteiger partial charge in [-0.25, -0.2) is 0 Å². The molecule has 2 nitrogen and oxygen atoms in total. The summed E-state index contributed by atoms with van der Waals surface area (Å²) in [5, 5.41) is 12.3. The second-order valence-corrected chi connectivity index (χ2v) is 4.97. The van der Waals surface area contributed by atoms with Gasteiger partial charge in [-0.2, -0.15) is 0 Å². The number of hydrogen-bond acceptors (Lipinski definition) is 2. The molecule has 0 aliphatic heterocycles. The van der Waals surface area contributed by atoms with Crippen molar-refractivity contribution >= 4 is 10.8 Å². The monoisotopic (exact) mass is 227 g/mol. The molecule has 0 amide bonds. The van der Waals surface area contributed by atoms with Gasteiger partial charge in [0.25, 0.3) is 0 Å². The van der Waals surface area contributed by atoms with Gasteiger partial charge in [-0.1, -0.05) is 30.7 Å². The van der Waals surface area contributed by atoms with Crippen molar-refractivity contribution < 1.29 is 5.11 Å². The number of nitrogens with zero attached hydrogens (tertiary/aromatic N) is 1. The Bertz CT molecular complexity index is 518. The van der Waals surface area contributed by atoms with Crippen LogP contribution in [-0.4, -0.2) is 16.2 Å². The smallest absolute Gasteiger partial charge is 0.0546 e. The topological polar surface area (TPSA) is 33.1 Å². The predicted molar refractivity (Wildman–Crippen MR) is 69.0 cm³/mol. The van der Waals surface area contributed by atoms with Gasteiger partial charge >= 0.3 is 0 Å². The van der Waals surface area contributed by atoms with E-state index in [9.17, 15) is 5.11 Å². The summed E-state index contributed by atoms with van der Waals surface area (Å²) in [7, 11) is 0. The maximum absolute atomic E-state index is 9.79. The first-order valence-corrected chi connectivity index (χ1v) is 6.35. The molecule has 1 heterocycles. The van der Waals surface area contributed by atoms with Gasteiger partial charge in [-0.05, 0) is 36.1 Å². The van der Waals surface area contributed by atoms with E-state index in [-0.39, 0.29) is 6.10 Å². The molecule has 1 aliphatic rings. The van der Waals surface area contributed by atoms with E-state index >= 15 is 0 Å². The zero-order valence-corrected chi connectivity index (χ0v) is 9.84. The molecule has 2 aromatic rings. The number of benzene rings is 1. The molecule has 1 N–H and O–H groups in total. The highest BCUT2D eigenvalue weighted by molar-refractivity contribution is 5.85. The molecule has 1 aliphatic carbocycles. The lowest BCUT2D eigenvalue weighted by Crippen LogP contribution is -2.18. The Morgan fingerprint density at radius 3 is 2.88 bits per heavy atom. The minimum atomic E-state index is -0.132. The molecule has 1 fully saturated rings. The lowest BCUT2D eigenvalue weighted by molar-refractivity contribution is 0.120. The van der Waals surface area contributed by atoms with Gasteiger partial charge < -0.3 is 5.11 Å². The van der Waals surface area contributed by atoms with E-state index in [4.69, 9.17) is 0 Å². The van der Waals surface area contributed by atoms with E-state index in [1.807, 2.05) is 18.5 Å². The third kappa shape index (κ3) is 2.05. The van der Waals surface area contributed by atoms with Crippen LogP contribution in [-0.2, 0) is 0 Å². The highest BCUT2D eigenvalue weighted by atomic mass is 16.3. The van der Waals surface area contributed by atoms with Crippen LogP contribution in [0.5, 0.6) is 0 Å². The second kappa shape index (κ2) is 4.46. The molecule has 3 rings (SSSR count). The summed E-state index contributed by atoms with van der Waals surface area (Å²) in [6.45, 7) is 0. The molecular formula is C15H17NO. The zero-order valence-electron chi connectivity index (χ0n) is 9.84. The van der Waals surface area contributed by atoms with Crippen LogP contribution in [0.25, 0.3) is 10.8 Å². The SMILES string of the molecule is OC1CCCC(c2cncc3ccccc23)C1. The van der Waals surface area contributed by atoms with E-state index in [1.165, 1.54) is 22.8 Å². The first-order chi connectivity index (χ1) is 8.34. The average Bonchev–Trinajstić information content (AvgIpc) is 2.38. The van der Waals surface area contributed by atoms with Crippen LogP contribution in [0.1, 0.15) is 37.2 Å². The zero-order chi connectivity index (χ0) is 11.7. The number of rotatable bonds is 1. The number of aliphatic hydroxyl groups excluding tert-OH is 1. The van der Waals surface area contributed by atoms with Crippen molar-refractivity contribution in [2.75, 3.05) is 0 Å². The summed E-state index contributed by atoms with van der Waals surface area (Å²) in [4.78, 5) is 4.33. The largest absolute Gasteiger partial charge is 0.393 e. The first-order valence-electron chi connectivity index (χ1n) is 6.35. The molecule has 1 saturated carbocycles. The average molecular weight is 227 g/mol. The molecule has 17 heavy (non-hydrogen) atoms. The Labute approximate surface area is 101 Å². The van der Waals surface area contributed by atoms with Crippen molar-refractivity contribution in [3.8, 4) is 0 Å². The van der Waals surface area contributed by atoms with Gasteiger partial charge in [-0.3, -0.25) is 4.98 Å². The summed E-state index contributed by atoms with van der Waals surface area (Å²) in [5.41, 5.74) is 1.31. The molecular weight excluding hydrogens is 210 g/mol. The van der Waals surface area contributed by atoms with E-state index in [1.54, 1.807) is 0 Å². The third-order valence-electron chi connectivity index (χ3n) is 3.79. The van der Waals surface area contributed by atoms with Crippen LogP contribution >= 0.6 is 0 Å². The van der Waals surface area contributed by atoms with Crippen molar-refractivity contribution in [3.63, 3.8) is 0 Å². The Balaban J connectivity index is 2.04. The standard InChI is InChI=1S/C15H17NO/c17-13-6-3-5-11(8-13)15-10-16-9-12-4-1-2-7-14(12)15/h1-2,4,7,9-11,13,17H,3,5-6,8H2. The predicted octanol–water partition coefficient (Wildman–Crippen LogP) is 3.25. The number of aliphatic hydroxyl groups is 1. The van der Waals surface area contributed by atoms with Crippen LogP contribution in [0.3, 0.4) is 0 Å². The molecule has 88 valence electrons. The molecule has 1 aromatic heterocycles. The summed E-state index contributed by atoms with van der Waals surface area (Å²) in [5.74, 6) is 0.470. The molecule has 1 aromatic carbocycles. The highest BCUT2D eigenvalue weighted by Crippen LogP contribution is 2.35. The summed E-state index contributed by atoms with van der Waals surface area (Å²) in [6.07, 6.45) is 7.89. The number of pyridine rings is 1. The van der Waals surface area contributed by atoms with Crippen molar-refractivity contribution in [1.82, 2.24) is 4.98 Å². The third-order valence-corrected chi connectivity index (χ3v) is 3.79. The van der Waals surface area contributed by atoms with Gasteiger partial charge in [-0.15, -0.1) is 0 Å². The second-order valence-electron chi connectivity index (χ2n) is 4.97. The Hall–Kier alpha value is -1.41. The number of aromatic nitrogens is 1. The first kappa shape index (κ1) is 10.7. The van der Waals surface area contributed by atoms with E-state index in [2.05, 4.69) is 23.2 Å². The highest BCUT2D eigenvalue weighted by Gasteiger charge is 2.22. The fourth-order valence-electron chi connectivity index (χ4n) is 2.91. The van der Waals surface area contributed by atoms with Crippen LogP contribution in [0.2, 0.25) is 0 Å². The van der Waals surface area contributed by atoms with Crippen molar-refractivity contribution in [2.45, 2.75) is 37.7 Å². The van der Waals surface area contributed by atoms with Crippen LogP contribution in [0.4, 0.5) is 0 Å². The van der Waals surface area contributed by atoms with Crippen molar-refractivity contribution in [2.24, 2.45) is 0 Å². The lowest BCUT2D eigenvalue weighted by atomic mass is 9.81. The van der Waals surface area contributed by atoms with Crippen LogP contribution < -0.4 is 0 Å². The Kier molecular flexibility index (Phi) is 2.81. The van der Waals surface area contributed by atoms with Gasteiger partial charge in [0.1, 0.15) is 0 Å². The molecule has 2 atom stereocenters. The Morgan fingerprint density at radius 2 is 2.00 bits per heavy atom. The maximum Gasteiger partial charge on any atom is 0.0546 e. The number of fused-ring (bicyclic) bond motifs is 1.